The Kier molecular flexibility index (Phi) is 5.61. The van der Waals surface area contributed by atoms with Gasteiger partial charge in [0.05, 0.1) is 18.9 Å². The second-order valence-electron chi connectivity index (χ2n) is 5.27. The first-order valence-corrected chi connectivity index (χ1v) is 7.63. The number of nitrogens with zero attached hydrogens (tertiary/aromatic N) is 4. The van der Waals surface area contributed by atoms with Gasteiger partial charge in [0.25, 0.3) is 0 Å². The molecule has 0 bridgehead atoms. The Hall–Kier alpha value is -1.56. The van der Waals surface area contributed by atoms with Gasteiger partial charge >= 0.3 is 0 Å². The Morgan fingerprint density at radius 3 is 3.05 bits per heavy atom. The summed E-state index contributed by atoms with van der Waals surface area (Å²) >= 11 is 5.61. The van der Waals surface area contributed by atoms with Gasteiger partial charge in [-0.2, -0.15) is 4.98 Å². The van der Waals surface area contributed by atoms with E-state index in [0.29, 0.717) is 24.7 Å². The molecule has 0 aromatic carbocycles. The number of likely N-dealkylation sites (tertiary alicyclic amines) is 1. The number of rotatable bonds is 6. The van der Waals surface area contributed by atoms with Crippen LogP contribution in [-0.2, 0) is 4.79 Å². The molecule has 2 rings (SSSR count). The van der Waals surface area contributed by atoms with E-state index in [9.17, 15) is 4.79 Å². The second kappa shape index (κ2) is 7.45. The molecule has 1 aliphatic heterocycles. The summed E-state index contributed by atoms with van der Waals surface area (Å²) in [6.45, 7) is 1.33. The van der Waals surface area contributed by atoms with Gasteiger partial charge in [0.2, 0.25) is 11.8 Å². The van der Waals surface area contributed by atoms with Gasteiger partial charge in [0.15, 0.2) is 5.82 Å². The molecule has 1 atom stereocenters. The van der Waals surface area contributed by atoms with Gasteiger partial charge in [-0.1, -0.05) is 0 Å². The summed E-state index contributed by atoms with van der Waals surface area (Å²) in [7, 11) is 3.81. The first-order valence-electron chi connectivity index (χ1n) is 7.10. The number of hydrogen-bond donors (Lipinski definition) is 0. The topological polar surface area (TPSA) is 58.6 Å². The minimum absolute atomic E-state index is 0.0170. The fraction of sp³-hybridized carbons (Fsp3) is 0.643. The van der Waals surface area contributed by atoms with Gasteiger partial charge < -0.3 is 14.5 Å². The Morgan fingerprint density at radius 1 is 1.52 bits per heavy atom. The fourth-order valence-electron chi connectivity index (χ4n) is 2.21. The van der Waals surface area contributed by atoms with Crippen LogP contribution < -0.4 is 9.64 Å². The van der Waals surface area contributed by atoms with Crippen molar-refractivity contribution in [3.63, 3.8) is 0 Å². The molecule has 2 heterocycles. The lowest BCUT2D eigenvalue weighted by atomic mass is 10.3. The first-order chi connectivity index (χ1) is 10.1. The fourth-order valence-corrected chi connectivity index (χ4v) is 2.34. The number of aromatic nitrogens is 2. The molecule has 0 spiro atoms. The summed E-state index contributed by atoms with van der Waals surface area (Å²) in [6.07, 6.45) is 5.32. The van der Waals surface area contributed by atoms with Crippen LogP contribution in [0, 0.1) is 0 Å². The van der Waals surface area contributed by atoms with Gasteiger partial charge in [-0.15, -0.1) is 11.6 Å². The summed E-state index contributed by atoms with van der Waals surface area (Å²) in [5.41, 5.74) is 0. The van der Waals surface area contributed by atoms with Crippen LogP contribution in [-0.4, -0.2) is 59.9 Å². The molecule has 1 amide bonds. The number of halogens is 1. The van der Waals surface area contributed by atoms with Gasteiger partial charge in [-0.3, -0.25) is 9.78 Å². The molecule has 1 aromatic rings. The molecular formula is C14H21ClN4O2. The molecule has 0 aliphatic carbocycles. The van der Waals surface area contributed by atoms with E-state index in [1.165, 1.54) is 0 Å². The highest BCUT2D eigenvalue weighted by atomic mass is 35.5. The summed E-state index contributed by atoms with van der Waals surface area (Å²) in [5, 5.41) is 0. The summed E-state index contributed by atoms with van der Waals surface area (Å²) in [6, 6.07) is 0. The molecule has 0 saturated carbocycles. The Balaban J connectivity index is 1.87. The second-order valence-corrected chi connectivity index (χ2v) is 5.65. The summed E-state index contributed by atoms with van der Waals surface area (Å²) in [4.78, 5) is 24.1. The smallest absolute Gasteiger partial charge is 0.234 e. The number of ether oxygens (including phenoxy) is 1. The molecule has 0 N–H and O–H groups in total. The SMILES string of the molecule is CN(C)c1cncc(OC2CCN(C(=O)CCCCl)C2)n1. The zero-order chi connectivity index (χ0) is 15.2. The number of carbonyl (C=O) groups is 1. The van der Waals surface area contributed by atoms with Crippen molar-refractivity contribution in [1.29, 1.82) is 0 Å². The Morgan fingerprint density at radius 2 is 2.33 bits per heavy atom. The zero-order valence-corrected chi connectivity index (χ0v) is 13.2. The van der Waals surface area contributed by atoms with E-state index in [4.69, 9.17) is 16.3 Å². The number of anilines is 1. The van der Waals surface area contributed by atoms with Crippen molar-refractivity contribution < 1.29 is 9.53 Å². The molecule has 1 fully saturated rings. The van der Waals surface area contributed by atoms with E-state index in [1.54, 1.807) is 12.4 Å². The third-order valence-corrected chi connectivity index (χ3v) is 3.63. The quantitative estimate of drug-likeness (QED) is 0.746. The average molecular weight is 313 g/mol. The maximum absolute atomic E-state index is 11.9. The average Bonchev–Trinajstić information content (AvgIpc) is 2.93. The molecule has 116 valence electrons. The predicted molar refractivity (Wildman–Crippen MR) is 81.9 cm³/mol. The zero-order valence-electron chi connectivity index (χ0n) is 12.5. The van der Waals surface area contributed by atoms with Gasteiger partial charge in [0, 0.05) is 39.4 Å². The van der Waals surface area contributed by atoms with Gasteiger partial charge in [-0.05, 0) is 6.42 Å². The number of alkyl halides is 1. The van der Waals surface area contributed by atoms with Gasteiger partial charge in [0.1, 0.15) is 6.10 Å². The Bertz CT molecular complexity index is 484. The highest BCUT2D eigenvalue weighted by Gasteiger charge is 2.27. The van der Waals surface area contributed by atoms with Crippen LogP contribution in [0.15, 0.2) is 12.4 Å². The van der Waals surface area contributed by atoms with E-state index >= 15 is 0 Å². The molecule has 1 unspecified atom stereocenters. The predicted octanol–water partition coefficient (Wildman–Crippen LogP) is 1.54. The molecule has 21 heavy (non-hydrogen) atoms. The first kappa shape index (κ1) is 15.8. The molecule has 7 heteroatoms. The largest absolute Gasteiger partial charge is 0.471 e. The van der Waals surface area contributed by atoms with Crippen LogP contribution in [0.4, 0.5) is 5.82 Å². The molecule has 1 aromatic heterocycles. The van der Waals surface area contributed by atoms with Crippen LogP contribution >= 0.6 is 11.6 Å². The summed E-state index contributed by atoms with van der Waals surface area (Å²) in [5.74, 6) is 1.92. The van der Waals surface area contributed by atoms with Gasteiger partial charge in [-0.25, -0.2) is 0 Å². The maximum Gasteiger partial charge on any atom is 0.234 e. The van der Waals surface area contributed by atoms with Crippen molar-refractivity contribution in [1.82, 2.24) is 14.9 Å². The number of hydrogen-bond acceptors (Lipinski definition) is 5. The normalized spacial score (nSPS) is 17.9. The van der Waals surface area contributed by atoms with Crippen LogP contribution in [0.3, 0.4) is 0 Å². The maximum atomic E-state index is 11.9. The monoisotopic (exact) mass is 312 g/mol. The lowest BCUT2D eigenvalue weighted by Gasteiger charge is -2.17. The van der Waals surface area contributed by atoms with E-state index in [-0.39, 0.29) is 12.0 Å². The highest BCUT2D eigenvalue weighted by molar-refractivity contribution is 6.17. The number of amides is 1. The standard InChI is InChI=1S/C14H21ClN4O2/c1-18(2)12-8-16-9-13(17-12)21-11-5-7-19(10-11)14(20)4-3-6-15/h8-9,11H,3-7,10H2,1-2H3. The van der Waals surface area contributed by atoms with Crippen molar-refractivity contribution in [3.05, 3.63) is 12.4 Å². The van der Waals surface area contributed by atoms with E-state index < -0.39 is 0 Å². The van der Waals surface area contributed by atoms with E-state index in [2.05, 4.69) is 9.97 Å². The molecule has 1 saturated heterocycles. The van der Waals surface area contributed by atoms with E-state index in [1.807, 2.05) is 23.9 Å². The van der Waals surface area contributed by atoms with E-state index in [0.717, 1.165) is 25.2 Å². The minimum Gasteiger partial charge on any atom is -0.471 e. The highest BCUT2D eigenvalue weighted by Crippen LogP contribution is 2.18. The van der Waals surface area contributed by atoms with Crippen molar-refractivity contribution in [3.8, 4) is 5.88 Å². The lowest BCUT2D eigenvalue weighted by Crippen LogP contribution is -2.30. The van der Waals surface area contributed by atoms with Crippen LogP contribution in [0.1, 0.15) is 19.3 Å². The number of carbonyl (C=O) groups excluding carboxylic acids is 1. The Labute approximate surface area is 130 Å². The third-order valence-electron chi connectivity index (χ3n) is 3.37. The van der Waals surface area contributed by atoms with Crippen LogP contribution in [0.25, 0.3) is 0 Å². The van der Waals surface area contributed by atoms with Crippen molar-refractivity contribution in [2.45, 2.75) is 25.4 Å². The minimum atomic E-state index is -0.0170. The molecule has 0 radical (unpaired) electrons. The third kappa shape index (κ3) is 4.46. The molecule has 6 nitrogen and oxygen atoms in total. The van der Waals surface area contributed by atoms with Crippen molar-refractivity contribution >= 4 is 23.3 Å². The van der Waals surface area contributed by atoms with Crippen LogP contribution in [0.2, 0.25) is 0 Å². The van der Waals surface area contributed by atoms with Crippen molar-refractivity contribution in [2.75, 3.05) is 38.0 Å². The summed E-state index contributed by atoms with van der Waals surface area (Å²) < 4.78 is 5.83. The van der Waals surface area contributed by atoms with Crippen molar-refractivity contribution in [2.24, 2.45) is 0 Å². The molecular weight excluding hydrogens is 292 g/mol. The lowest BCUT2D eigenvalue weighted by molar-refractivity contribution is -0.130. The van der Waals surface area contributed by atoms with Crippen LogP contribution in [0.5, 0.6) is 5.88 Å². The molecule has 1 aliphatic rings.